The number of carbonyl (C=O) groups excluding carboxylic acids is 1. The molecule has 0 saturated carbocycles. The first-order valence-electron chi connectivity index (χ1n) is 4.86. The van der Waals surface area contributed by atoms with Gasteiger partial charge in [-0.1, -0.05) is 34.1 Å². The van der Waals surface area contributed by atoms with Crippen LogP contribution < -0.4 is 0 Å². The molecule has 0 radical (unpaired) electrons. The van der Waals surface area contributed by atoms with Crippen molar-refractivity contribution in [1.82, 2.24) is 0 Å². The standard InChI is InChI=1S/C12H15BrO2/c1-12(9-14,15-2)8-7-10-5-3-4-6-11(10)13/h3-6,9H,7-8H2,1-2H3. The van der Waals surface area contributed by atoms with Gasteiger partial charge in [0.25, 0.3) is 0 Å². The van der Waals surface area contributed by atoms with Crippen molar-refractivity contribution in [3.8, 4) is 0 Å². The van der Waals surface area contributed by atoms with Gasteiger partial charge < -0.3 is 9.53 Å². The first-order valence-corrected chi connectivity index (χ1v) is 5.65. The lowest BCUT2D eigenvalue weighted by Gasteiger charge is -2.21. The van der Waals surface area contributed by atoms with Crippen LogP contribution in [0.2, 0.25) is 0 Å². The Morgan fingerprint density at radius 1 is 1.47 bits per heavy atom. The van der Waals surface area contributed by atoms with Crippen molar-refractivity contribution in [2.24, 2.45) is 0 Å². The molecule has 0 N–H and O–H groups in total. The van der Waals surface area contributed by atoms with E-state index in [-0.39, 0.29) is 0 Å². The molecule has 1 rings (SSSR count). The van der Waals surface area contributed by atoms with E-state index in [0.717, 1.165) is 17.2 Å². The third-order valence-corrected chi connectivity index (χ3v) is 3.34. The van der Waals surface area contributed by atoms with E-state index in [9.17, 15) is 4.79 Å². The fraction of sp³-hybridized carbons (Fsp3) is 0.417. The lowest BCUT2D eigenvalue weighted by molar-refractivity contribution is -0.126. The van der Waals surface area contributed by atoms with Crippen molar-refractivity contribution in [2.45, 2.75) is 25.4 Å². The van der Waals surface area contributed by atoms with E-state index in [1.165, 1.54) is 5.56 Å². The minimum absolute atomic E-state index is 0.671. The Bertz CT molecular complexity index is 338. The summed E-state index contributed by atoms with van der Waals surface area (Å²) in [5, 5.41) is 0. The van der Waals surface area contributed by atoms with Gasteiger partial charge in [0.05, 0.1) is 0 Å². The maximum Gasteiger partial charge on any atom is 0.151 e. The molecular formula is C12H15BrO2. The molecule has 0 aliphatic rings. The van der Waals surface area contributed by atoms with E-state index in [1.54, 1.807) is 14.0 Å². The number of aldehydes is 1. The van der Waals surface area contributed by atoms with Gasteiger partial charge in [-0.3, -0.25) is 0 Å². The first kappa shape index (κ1) is 12.4. The summed E-state index contributed by atoms with van der Waals surface area (Å²) in [5.74, 6) is 0. The fourth-order valence-corrected chi connectivity index (χ4v) is 1.78. The summed E-state index contributed by atoms with van der Waals surface area (Å²) in [7, 11) is 1.56. The van der Waals surface area contributed by atoms with E-state index in [0.29, 0.717) is 6.42 Å². The zero-order valence-electron chi connectivity index (χ0n) is 9.00. The van der Waals surface area contributed by atoms with Crippen molar-refractivity contribution in [3.63, 3.8) is 0 Å². The average molecular weight is 271 g/mol. The zero-order chi connectivity index (χ0) is 11.3. The Kier molecular flexibility index (Phi) is 4.48. The molecule has 0 fully saturated rings. The van der Waals surface area contributed by atoms with E-state index < -0.39 is 5.60 Å². The van der Waals surface area contributed by atoms with Gasteiger partial charge in [-0.15, -0.1) is 0 Å². The van der Waals surface area contributed by atoms with Crippen LogP contribution in [0.5, 0.6) is 0 Å². The molecule has 0 aliphatic heterocycles. The smallest absolute Gasteiger partial charge is 0.151 e. The van der Waals surface area contributed by atoms with Gasteiger partial charge in [0.15, 0.2) is 6.29 Å². The van der Waals surface area contributed by atoms with Crippen molar-refractivity contribution in [2.75, 3.05) is 7.11 Å². The Hall–Kier alpha value is -0.670. The van der Waals surface area contributed by atoms with E-state index in [1.807, 2.05) is 24.3 Å². The van der Waals surface area contributed by atoms with E-state index >= 15 is 0 Å². The average Bonchev–Trinajstić information content (AvgIpc) is 2.28. The maximum absolute atomic E-state index is 10.8. The minimum atomic E-state index is -0.671. The Morgan fingerprint density at radius 3 is 2.67 bits per heavy atom. The number of hydrogen-bond donors (Lipinski definition) is 0. The molecule has 1 unspecified atom stereocenters. The molecule has 1 aromatic rings. The molecule has 0 spiro atoms. The Balaban J connectivity index is 2.64. The number of aryl methyl sites for hydroxylation is 1. The van der Waals surface area contributed by atoms with E-state index in [4.69, 9.17) is 4.74 Å². The highest BCUT2D eigenvalue weighted by molar-refractivity contribution is 9.10. The van der Waals surface area contributed by atoms with Crippen LogP contribution in [0.15, 0.2) is 28.7 Å². The van der Waals surface area contributed by atoms with Crippen LogP contribution in [0.3, 0.4) is 0 Å². The highest BCUT2D eigenvalue weighted by Crippen LogP contribution is 2.21. The summed E-state index contributed by atoms with van der Waals surface area (Å²) in [6, 6.07) is 8.01. The predicted octanol–water partition coefficient (Wildman–Crippen LogP) is 2.99. The van der Waals surface area contributed by atoms with Gasteiger partial charge in [-0.05, 0) is 31.4 Å². The van der Waals surface area contributed by atoms with Crippen LogP contribution in [0.4, 0.5) is 0 Å². The zero-order valence-corrected chi connectivity index (χ0v) is 10.6. The highest BCUT2D eigenvalue weighted by atomic mass is 79.9. The largest absolute Gasteiger partial charge is 0.371 e. The molecule has 3 heteroatoms. The monoisotopic (exact) mass is 270 g/mol. The van der Waals surface area contributed by atoms with Crippen LogP contribution in [-0.4, -0.2) is 19.0 Å². The molecular weight excluding hydrogens is 256 g/mol. The van der Waals surface area contributed by atoms with Crippen molar-refractivity contribution < 1.29 is 9.53 Å². The molecule has 0 saturated heterocycles. The van der Waals surface area contributed by atoms with E-state index in [2.05, 4.69) is 15.9 Å². The minimum Gasteiger partial charge on any atom is -0.371 e. The van der Waals surface area contributed by atoms with Gasteiger partial charge in [-0.25, -0.2) is 0 Å². The number of halogens is 1. The summed E-state index contributed by atoms with van der Waals surface area (Å²) < 4.78 is 6.24. The lowest BCUT2D eigenvalue weighted by atomic mass is 9.98. The van der Waals surface area contributed by atoms with Crippen molar-refractivity contribution in [3.05, 3.63) is 34.3 Å². The summed E-state index contributed by atoms with van der Waals surface area (Å²) in [6.45, 7) is 1.80. The van der Waals surface area contributed by atoms with Crippen LogP contribution in [-0.2, 0) is 16.0 Å². The molecule has 1 atom stereocenters. The molecule has 0 amide bonds. The summed E-state index contributed by atoms with van der Waals surface area (Å²) in [4.78, 5) is 10.8. The summed E-state index contributed by atoms with van der Waals surface area (Å²) in [6.07, 6.45) is 2.38. The molecule has 1 aromatic carbocycles. The number of carbonyl (C=O) groups is 1. The Morgan fingerprint density at radius 2 is 2.13 bits per heavy atom. The Labute approximate surface area is 98.8 Å². The number of benzene rings is 1. The second-order valence-corrected chi connectivity index (χ2v) is 4.58. The predicted molar refractivity (Wildman–Crippen MR) is 63.9 cm³/mol. The van der Waals surface area contributed by atoms with Gasteiger partial charge >= 0.3 is 0 Å². The summed E-state index contributed by atoms with van der Waals surface area (Å²) in [5.41, 5.74) is 0.526. The molecule has 15 heavy (non-hydrogen) atoms. The van der Waals surface area contributed by atoms with Crippen molar-refractivity contribution in [1.29, 1.82) is 0 Å². The third-order valence-electron chi connectivity index (χ3n) is 2.56. The molecule has 2 nitrogen and oxygen atoms in total. The second-order valence-electron chi connectivity index (χ2n) is 3.73. The fourth-order valence-electron chi connectivity index (χ4n) is 1.29. The molecule has 0 aromatic heterocycles. The van der Waals surface area contributed by atoms with Crippen molar-refractivity contribution >= 4 is 22.2 Å². The molecule has 0 heterocycles. The molecule has 82 valence electrons. The van der Waals surface area contributed by atoms with Gasteiger partial charge in [-0.2, -0.15) is 0 Å². The van der Waals surface area contributed by atoms with Crippen LogP contribution in [0, 0.1) is 0 Å². The van der Waals surface area contributed by atoms with Crippen LogP contribution >= 0.6 is 15.9 Å². The molecule has 0 bridgehead atoms. The normalized spacial score (nSPS) is 14.6. The maximum atomic E-state index is 10.8. The topological polar surface area (TPSA) is 26.3 Å². The summed E-state index contributed by atoms with van der Waals surface area (Å²) >= 11 is 3.48. The first-order chi connectivity index (χ1) is 7.11. The number of ether oxygens (including phenoxy) is 1. The second kappa shape index (κ2) is 5.42. The van der Waals surface area contributed by atoms with Gasteiger partial charge in [0.1, 0.15) is 5.60 Å². The quantitative estimate of drug-likeness (QED) is 0.769. The number of hydrogen-bond acceptors (Lipinski definition) is 2. The van der Waals surface area contributed by atoms with Gasteiger partial charge in [0.2, 0.25) is 0 Å². The SMILES string of the molecule is COC(C)(C=O)CCc1ccccc1Br. The molecule has 0 aliphatic carbocycles. The number of rotatable bonds is 5. The third kappa shape index (κ3) is 3.43. The highest BCUT2D eigenvalue weighted by Gasteiger charge is 2.22. The van der Waals surface area contributed by atoms with Gasteiger partial charge in [0, 0.05) is 11.6 Å². The van der Waals surface area contributed by atoms with Crippen LogP contribution in [0.25, 0.3) is 0 Å². The van der Waals surface area contributed by atoms with Crippen LogP contribution in [0.1, 0.15) is 18.9 Å². The number of methoxy groups -OCH3 is 1. The lowest BCUT2D eigenvalue weighted by Crippen LogP contribution is -2.29.